The molecule has 0 N–H and O–H groups in total. The minimum atomic E-state index is 0.536. The van der Waals surface area contributed by atoms with Crippen LogP contribution in [0.25, 0.3) is 0 Å². The van der Waals surface area contributed by atoms with Gasteiger partial charge in [0.1, 0.15) is 0 Å². The van der Waals surface area contributed by atoms with Gasteiger partial charge in [0.2, 0.25) is 0 Å². The highest BCUT2D eigenvalue weighted by atomic mass is 14.1. The normalized spacial score (nSPS) is 12.0. The minimum Gasteiger partial charge on any atom is -0.0654 e. The summed E-state index contributed by atoms with van der Waals surface area (Å²) in [5.41, 5.74) is 0.536. The Labute approximate surface area is 161 Å². The maximum atomic E-state index is 2.36. The highest BCUT2D eigenvalue weighted by Gasteiger charge is 2.08. The number of hydrogen-bond acceptors (Lipinski definition) is 0. The van der Waals surface area contributed by atoms with Gasteiger partial charge < -0.3 is 0 Å². The van der Waals surface area contributed by atoms with Crippen molar-refractivity contribution in [1.82, 2.24) is 0 Å². The van der Waals surface area contributed by atoms with Crippen molar-refractivity contribution in [2.24, 2.45) is 5.41 Å². The Morgan fingerprint density at radius 3 is 0.840 bits per heavy atom. The first kappa shape index (κ1) is 25.0. The average Bonchev–Trinajstić information content (AvgIpc) is 2.56. The predicted octanol–water partition coefficient (Wildman–Crippen LogP) is 9.85. The van der Waals surface area contributed by atoms with Gasteiger partial charge >= 0.3 is 0 Å². The predicted molar refractivity (Wildman–Crippen MR) is 117 cm³/mol. The van der Waals surface area contributed by atoms with Gasteiger partial charge in [0.05, 0.1) is 0 Å². The molecule has 0 nitrogen and oxygen atoms in total. The van der Waals surface area contributed by atoms with E-state index >= 15 is 0 Å². The van der Waals surface area contributed by atoms with Gasteiger partial charge in [-0.15, -0.1) is 0 Å². The van der Waals surface area contributed by atoms with Crippen molar-refractivity contribution in [2.45, 2.75) is 156 Å². The van der Waals surface area contributed by atoms with Crippen molar-refractivity contribution < 1.29 is 0 Å². The van der Waals surface area contributed by atoms with Crippen LogP contribution in [0.15, 0.2) is 0 Å². The van der Waals surface area contributed by atoms with Crippen molar-refractivity contribution in [2.75, 3.05) is 0 Å². The zero-order valence-corrected chi connectivity index (χ0v) is 18.6. The molecule has 0 aromatic heterocycles. The standard InChI is InChI=1S/C25H52/c1-5-6-7-8-9-10-11-12-13-14-15-16-17-18-19-20-21-22-23-24-25(2,3)4/h5-24H2,1-4H3. The van der Waals surface area contributed by atoms with Gasteiger partial charge in [-0.3, -0.25) is 0 Å². The van der Waals surface area contributed by atoms with E-state index < -0.39 is 0 Å². The van der Waals surface area contributed by atoms with Crippen molar-refractivity contribution in [3.8, 4) is 0 Å². The molecule has 0 aromatic carbocycles. The molecule has 0 aromatic rings. The van der Waals surface area contributed by atoms with E-state index in [1.165, 1.54) is 128 Å². The van der Waals surface area contributed by atoms with Gasteiger partial charge in [0.15, 0.2) is 0 Å². The monoisotopic (exact) mass is 352 g/mol. The van der Waals surface area contributed by atoms with Crippen LogP contribution in [0.4, 0.5) is 0 Å². The molecule has 0 heteroatoms. The van der Waals surface area contributed by atoms with Gasteiger partial charge in [-0.1, -0.05) is 150 Å². The van der Waals surface area contributed by atoms with Crippen LogP contribution in [0.5, 0.6) is 0 Å². The molecule has 0 bridgehead atoms. The third-order valence-electron chi connectivity index (χ3n) is 5.53. The summed E-state index contributed by atoms with van der Waals surface area (Å²) in [6.45, 7) is 9.39. The highest BCUT2D eigenvalue weighted by molar-refractivity contribution is 4.61. The molecule has 0 saturated carbocycles. The van der Waals surface area contributed by atoms with E-state index in [-0.39, 0.29) is 0 Å². The molecule has 0 unspecified atom stereocenters. The Hall–Kier alpha value is 0. The van der Waals surface area contributed by atoms with Gasteiger partial charge in [-0.2, -0.15) is 0 Å². The molecule has 25 heavy (non-hydrogen) atoms. The molecule has 0 aliphatic heterocycles. The summed E-state index contributed by atoms with van der Waals surface area (Å²) < 4.78 is 0. The maximum absolute atomic E-state index is 2.36. The Morgan fingerprint density at radius 1 is 0.360 bits per heavy atom. The summed E-state index contributed by atoms with van der Waals surface area (Å²) in [5.74, 6) is 0. The SMILES string of the molecule is CCCCCCCCCCCCCCCCCCCCCC(C)(C)C. The Bertz CT molecular complexity index is 235. The molecular weight excluding hydrogens is 300 g/mol. The van der Waals surface area contributed by atoms with Crippen LogP contribution in [0.2, 0.25) is 0 Å². The lowest BCUT2D eigenvalue weighted by atomic mass is 9.89. The zero-order chi connectivity index (χ0) is 18.6. The summed E-state index contributed by atoms with van der Waals surface area (Å²) in [7, 11) is 0. The Balaban J connectivity index is 3.01. The first-order valence-electron chi connectivity index (χ1n) is 12.1. The molecule has 0 heterocycles. The van der Waals surface area contributed by atoms with Crippen LogP contribution < -0.4 is 0 Å². The fourth-order valence-corrected chi connectivity index (χ4v) is 3.73. The van der Waals surface area contributed by atoms with E-state index in [0.29, 0.717) is 5.41 Å². The third kappa shape index (κ3) is 24.0. The van der Waals surface area contributed by atoms with Gasteiger partial charge in [-0.25, -0.2) is 0 Å². The maximum Gasteiger partial charge on any atom is -0.0383 e. The van der Waals surface area contributed by atoms with Gasteiger partial charge in [0, 0.05) is 0 Å². The molecule has 0 radical (unpaired) electrons. The zero-order valence-electron chi connectivity index (χ0n) is 18.6. The molecule has 0 amide bonds. The second-order valence-electron chi connectivity index (χ2n) is 9.67. The molecule has 0 aliphatic carbocycles. The number of unbranched alkanes of at least 4 members (excludes halogenated alkanes) is 18. The summed E-state index contributed by atoms with van der Waals surface area (Å²) >= 11 is 0. The number of rotatable bonds is 19. The molecule has 0 fully saturated rings. The summed E-state index contributed by atoms with van der Waals surface area (Å²) in [4.78, 5) is 0. The molecule has 0 rings (SSSR count). The van der Waals surface area contributed by atoms with E-state index in [9.17, 15) is 0 Å². The number of hydrogen-bond donors (Lipinski definition) is 0. The van der Waals surface area contributed by atoms with Gasteiger partial charge in [-0.05, 0) is 11.8 Å². The largest absolute Gasteiger partial charge is 0.0654 e. The van der Waals surface area contributed by atoms with E-state index in [0.717, 1.165) is 0 Å². The smallest absolute Gasteiger partial charge is 0.0383 e. The minimum absolute atomic E-state index is 0.536. The summed E-state index contributed by atoms with van der Waals surface area (Å²) in [6.07, 6.45) is 29.3. The Kier molecular flexibility index (Phi) is 18.8. The molecule has 0 saturated heterocycles. The van der Waals surface area contributed by atoms with Gasteiger partial charge in [0.25, 0.3) is 0 Å². The van der Waals surface area contributed by atoms with Crippen molar-refractivity contribution in [3.63, 3.8) is 0 Å². The molecule has 0 aliphatic rings. The molecule has 0 spiro atoms. The van der Waals surface area contributed by atoms with Crippen LogP contribution in [0, 0.1) is 5.41 Å². The topological polar surface area (TPSA) is 0 Å². The molecular formula is C25H52. The third-order valence-corrected chi connectivity index (χ3v) is 5.53. The van der Waals surface area contributed by atoms with Crippen molar-refractivity contribution in [3.05, 3.63) is 0 Å². The van der Waals surface area contributed by atoms with E-state index in [2.05, 4.69) is 27.7 Å². The quantitative estimate of drug-likeness (QED) is 0.203. The van der Waals surface area contributed by atoms with Crippen LogP contribution in [0.3, 0.4) is 0 Å². The Morgan fingerprint density at radius 2 is 0.600 bits per heavy atom. The lowest BCUT2D eigenvalue weighted by molar-refractivity contribution is 0.356. The van der Waals surface area contributed by atoms with E-state index in [1.807, 2.05) is 0 Å². The highest BCUT2D eigenvalue weighted by Crippen LogP contribution is 2.22. The first-order valence-corrected chi connectivity index (χ1v) is 12.1. The second kappa shape index (κ2) is 18.8. The molecule has 0 atom stereocenters. The van der Waals surface area contributed by atoms with Crippen molar-refractivity contribution >= 4 is 0 Å². The van der Waals surface area contributed by atoms with E-state index in [4.69, 9.17) is 0 Å². The molecule has 152 valence electrons. The van der Waals surface area contributed by atoms with Crippen LogP contribution in [-0.2, 0) is 0 Å². The fraction of sp³-hybridized carbons (Fsp3) is 1.00. The van der Waals surface area contributed by atoms with Crippen molar-refractivity contribution in [1.29, 1.82) is 0 Å². The van der Waals surface area contributed by atoms with E-state index in [1.54, 1.807) is 0 Å². The lowest BCUT2D eigenvalue weighted by Crippen LogP contribution is -2.03. The second-order valence-corrected chi connectivity index (χ2v) is 9.67. The fourth-order valence-electron chi connectivity index (χ4n) is 3.73. The lowest BCUT2D eigenvalue weighted by Gasteiger charge is -2.17. The van der Waals surface area contributed by atoms with Crippen LogP contribution >= 0.6 is 0 Å². The van der Waals surface area contributed by atoms with Crippen LogP contribution in [-0.4, -0.2) is 0 Å². The van der Waals surface area contributed by atoms with Crippen LogP contribution in [0.1, 0.15) is 156 Å². The summed E-state index contributed by atoms with van der Waals surface area (Å²) in [5, 5.41) is 0. The average molecular weight is 353 g/mol. The first-order chi connectivity index (χ1) is 12.1. The summed E-state index contributed by atoms with van der Waals surface area (Å²) in [6, 6.07) is 0.